The van der Waals surface area contributed by atoms with Crippen molar-refractivity contribution >= 4 is 11.8 Å². The van der Waals surface area contributed by atoms with Crippen molar-refractivity contribution in [3.05, 3.63) is 12.2 Å². The number of esters is 1. The van der Waals surface area contributed by atoms with Gasteiger partial charge in [0.15, 0.2) is 6.10 Å². The highest BCUT2D eigenvalue weighted by molar-refractivity contribution is 5.88. The van der Waals surface area contributed by atoms with Crippen LogP contribution >= 0.6 is 0 Å². The minimum Gasteiger partial charge on any atom is -0.459 e. The molecule has 0 saturated heterocycles. The van der Waals surface area contributed by atoms with E-state index < -0.39 is 24.7 Å². The first-order valence-corrected chi connectivity index (χ1v) is 12.0. The maximum atomic E-state index is 12.6. The number of halogens is 3. The van der Waals surface area contributed by atoms with E-state index in [0.717, 1.165) is 51.4 Å². The molecule has 1 unspecified atom stereocenters. The number of aliphatic hydroxyl groups is 1. The molecule has 4 nitrogen and oxygen atoms in total. The van der Waals surface area contributed by atoms with Gasteiger partial charge in [-0.25, -0.2) is 4.79 Å². The van der Waals surface area contributed by atoms with Crippen LogP contribution in [-0.4, -0.2) is 35.2 Å². The monoisotopic (exact) mass is 456 g/mol. The lowest BCUT2D eigenvalue weighted by Gasteiger charge is -2.60. The van der Waals surface area contributed by atoms with E-state index in [2.05, 4.69) is 20.4 Å². The Labute approximate surface area is 188 Å². The SMILES string of the molecule is C=C(CC(O)C(F)(F)F)C(=O)O[C@H]1CC[C@@]2(C)[C@@H](CC[C@@H]3[C@@H]2CC[C@]2(C)C(=O)CC[C@@H]32)C1. The number of carbonyl (C=O) groups excluding carboxylic acids is 2. The Morgan fingerprint density at radius 3 is 2.56 bits per heavy atom. The van der Waals surface area contributed by atoms with Gasteiger partial charge < -0.3 is 9.84 Å². The van der Waals surface area contributed by atoms with Crippen molar-refractivity contribution in [2.75, 3.05) is 0 Å². The second kappa shape index (κ2) is 8.14. The first kappa shape index (κ1) is 23.8. The maximum absolute atomic E-state index is 12.6. The molecule has 0 aromatic heterocycles. The summed E-state index contributed by atoms with van der Waals surface area (Å²) in [6.07, 6.45) is -0.306. The fourth-order valence-corrected chi connectivity index (χ4v) is 7.76. The van der Waals surface area contributed by atoms with Gasteiger partial charge in [0.05, 0.1) is 0 Å². The van der Waals surface area contributed by atoms with E-state index in [1.165, 1.54) is 0 Å². The third-order valence-corrected chi connectivity index (χ3v) is 9.71. The lowest BCUT2D eigenvalue weighted by molar-refractivity contribution is -0.203. The van der Waals surface area contributed by atoms with Crippen LogP contribution in [0.1, 0.15) is 78.1 Å². The normalized spacial score (nSPS) is 42.4. The molecule has 4 rings (SSSR count). The number of hydrogen-bond acceptors (Lipinski definition) is 4. The molecule has 0 bridgehead atoms. The van der Waals surface area contributed by atoms with Crippen LogP contribution in [0.3, 0.4) is 0 Å². The summed E-state index contributed by atoms with van der Waals surface area (Å²) in [5, 5.41) is 9.19. The van der Waals surface area contributed by atoms with Crippen molar-refractivity contribution in [2.45, 2.75) is 96.4 Å². The first-order valence-electron chi connectivity index (χ1n) is 12.0. The van der Waals surface area contributed by atoms with Crippen molar-refractivity contribution in [2.24, 2.45) is 34.5 Å². The summed E-state index contributed by atoms with van der Waals surface area (Å²) in [7, 11) is 0. The summed E-state index contributed by atoms with van der Waals surface area (Å²) < 4.78 is 43.2. The average Bonchev–Trinajstić information content (AvgIpc) is 3.02. The quantitative estimate of drug-likeness (QED) is 0.456. The van der Waals surface area contributed by atoms with Gasteiger partial charge in [-0.05, 0) is 80.5 Å². The van der Waals surface area contributed by atoms with Gasteiger partial charge in [0, 0.05) is 23.8 Å². The molecule has 0 aliphatic heterocycles. The Kier molecular flexibility index (Phi) is 6.05. The molecule has 180 valence electrons. The second-order valence-corrected chi connectivity index (χ2v) is 11.2. The van der Waals surface area contributed by atoms with E-state index >= 15 is 0 Å². The summed E-state index contributed by atoms with van der Waals surface area (Å²) in [4.78, 5) is 24.9. The van der Waals surface area contributed by atoms with Crippen LogP contribution in [0.4, 0.5) is 13.2 Å². The van der Waals surface area contributed by atoms with E-state index in [0.29, 0.717) is 35.9 Å². The van der Waals surface area contributed by atoms with E-state index in [1.807, 2.05) is 0 Å². The Hall–Kier alpha value is -1.37. The molecule has 0 radical (unpaired) electrons. The van der Waals surface area contributed by atoms with E-state index in [-0.39, 0.29) is 22.5 Å². The molecule has 32 heavy (non-hydrogen) atoms. The number of ether oxygens (including phenoxy) is 1. The highest BCUT2D eigenvalue weighted by atomic mass is 19.4. The van der Waals surface area contributed by atoms with Gasteiger partial charge in [-0.2, -0.15) is 13.2 Å². The van der Waals surface area contributed by atoms with Crippen LogP contribution in [0.2, 0.25) is 0 Å². The minimum absolute atomic E-state index is 0.140. The Morgan fingerprint density at radius 1 is 1.16 bits per heavy atom. The molecule has 0 aromatic carbocycles. The third-order valence-electron chi connectivity index (χ3n) is 9.71. The van der Waals surface area contributed by atoms with Gasteiger partial charge in [0.2, 0.25) is 0 Å². The van der Waals surface area contributed by atoms with E-state index in [1.54, 1.807) is 0 Å². The van der Waals surface area contributed by atoms with Gasteiger partial charge in [0.1, 0.15) is 11.9 Å². The van der Waals surface area contributed by atoms with Gasteiger partial charge in [0.25, 0.3) is 0 Å². The minimum atomic E-state index is -4.78. The molecule has 4 fully saturated rings. The number of rotatable bonds is 4. The average molecular weight is 457 g/mol. The second-order valence-electron chi connectivity index (χ2n) is 11.2. The number of Topliss-reactive ketones (excluding diaryl/α,β-unsaturated/α-hetero) is 1. The number of carbonyl (C=O) groups is 2. The Balaban J connectivity index is 1.37. The topological polar surface area (TPSA) is 63.6 Å². The van der Waals surface area contributed by atoms with Crippen LogP contribution in [0.25, 0.3) is 0 Å². The highest BCUT2D eigenvalue weighted by Gasteiger charge is 2.60. The number of ketones is 1. The van der Waals surface area contributed by atoms with Crippen molar-refractivity contribution < 1.29 is 32.6 Å². The van der Waals surface area contributed by atoms with Gasteiger partial charge in [-0.1, -0.05) is 20.4 Å². The molecular weight excluding hydrogens is 421 g/mol. The molecule has 0 heterocycles. The molecule has 4 saturated carbocycles. The zero-order valence-corrected chi connectivity index (χ0v) is 19.0. The fraction of sp³-hybridized carbons (Fsp3) is 0.840. The van der Waals surface area contributed by atoms with Crippen LogP contribution < -0.4 is 0 Å². The number of aliphatic hydroxyl groups excluding tert-OH is 1. The molecule has 0 spiro atoms. The van der Waals surface area contributed by atoms with Crippen molar-refractivity contribution in [1.82, 2.24) is 0 Å². The zero-order chi connectivity index (χ0) is 23.5. The van der Waals surface area contributed by atoms with Crippen molar-refractivity contribution in [3.8, 4) is 0 Å². The molecule has 1 N–H and O–H groups in total. The molecular formula is C25H35F3O4. The summed E-state index contributed by atoms with van der Waals surface area (Å²) >= 11 is 0. The maximum Gasteiger partial charge on any atom is 0.414 e. The predicted molar refractivity (Wildman–Crippen MR) is 112 cm³/mol. The van der Waals surface area contributed by atoms with Crippen LogP contribution in [-0.2, 0) is 14.3 Å². The highest BCUT2D eigenvalue weighted by Crippen LogP contribution is 2.65. The largest absolute Gasteiger partial charge is 0.459 e. The molecule has 4 aliphatic rings. The first-order chi connectivity index (χ1) is 14.9. The molecule has 7 heteroatoms. The lowest BCUT2D eigenvalue weighted by Crippen LogP contribution is -2.54. The molecule has 8 atom stereocenters. The number of alkyl halides is 3. The third kappa shape index (κ3) is 3.92. The lowest BCUT2D eigenvalue weighted by atomic mass is 9.45. The molecule has 4 aliphatic carbocycles. The summed E-state index contributed by atoms with van der Waals surface area (Å²) in [5.74, 6) is 1.67. The van der Waals surface area contributed by atoms with E-state index in [9.17, 15) is 27.9 Å². The zero-order valence-electron chi connectivity index (χ0n) is 19.0. The van der Waals surface area contributed by atoms with Gasteiger partial charge in [-0.15, -0.1) is 0 Å². The van der Waals surface area contributed by atoms with Crippen molar-refractivity contribution in [3.63, 3.8) is 0 Å². The smallest absolute Gasteiger partial charge is 0.414 e. The van der Waals surface area contributed by atoms with E-state index in [4.69, 9.17) is 4.74 Å². The van der Waals surface area contributed by atoms with Crippen LogP contribution in [0.15, 0.2) is 12.2 Å². The Bertz CT molecular complexity index is 793. The van der Waals surface area contributed by atoms with Gasteiger partial charge >= 0.3 is 12.1 Å². The van der Waals surface area contributed by atoms with Crippen LogP contribution in [0, 0.1) is 34.5 Å². The molecule has 0 amide bonds. The van der Waals surface area contributed by atoms with Crippen LogP contribution in [0.5, 0.6) is 0 Å². The fourth-order valence-electron chi connectivity index (χ4n) is 7.76. The predicted octanol–water partition coefficient (Wildman–Crippen LogP) is 5.38. The van der Waals surface area contributed by atoms with Crippen molar-refractivity contribution in [1.29, 1.82) is 0 Å². The summed E-state index contributed by atoms with van der Waals surface area (Å²) in [6, 6.07) is 0. The Morgan fingerprint density at radius 2 is 1.88 bits per heavy atom. The summed E-state index contributed by atoms with van der Waals surface area (Å²) in [6.45, 7) is 7.95. The summed E-state index contributed by atoms with van der Waals surface area (Å²) in [5.41, 5.74) is -0.329. The standard InChI is InChI=1S/C25H35F3O4/c1-14(12-21(30)25(26,27)28)22(31)32-16-8-10-23(2)15(13-16)4-5-17-18-6-7-20(29)24(18,3)11-9-19(17)23/h15-19,21,30H,1,4-13H2,2-3H3/t15-,16-,17-,18-,19-,21?,23-,24-/m0/s1. The number of fused-ring (bicyclic) bond motifs is 5. The molecule has 0 aromatic rings. The van der Waals surface area contributed by atoms with Gasteiger partial charge in [-0.3, -0.25) is 4.79 Å². The number of hydrogen-bond donors (Lipinski definition) is 1.